The summed E-state index contributed by atoms with van der Waals surface area (Å²) in [5.41, 5.74) is 3.10. The van der Waals surface area contributed by atoms with Crippen LogP contribution < -0.4 is 5.32 Å². The van der Waals surface area contributed by atoms with Crippen molar-refractivity contribution in [1.82, 2.24) is 19.6 Å². The molecule has 2 heterocycles. The summed E-state index contributed by atoms with van der Waals surface area (Å²) in [5.74, 6) is -1.26. The number of carboxylic acids is 1. The van der Waals surface area contributed by atoms with Gasteiger partial charge in [0.2, 0.25) is 0 Å². The van der Waals surface area contributed by atoms with E-state index in [0.29, 0.717) is 29.1 Å². The number of hydrogen-bond donors (Lipinski definition) is 2. The molecule has 29 heavy (non-hydrogen) atoms. The van der Waals surface area contributed by atoms with Crippen LogP contribution in [0.2, 0.25) is 0 Å². The number of carbonyl (C=O) groups is 2. The van der Waals surface area contributed by atoms with E-state index in [1.807, 2.05) is 32.4 Å². The van der Waals surface area contributed by atoms with Crippen LogP contribution in [0.25, 0.3) is 5.69 Å². The second-order valence-corrected chi connectivity index (χ2v) is 7.81. The zero-order valence-corrected chi connectivity index (χ0v) is 17.2. The van der Waals surface area contributed by atoms with Crippen LogP contribution in [-0.4, -0.2) is 36.5 Å². The Morgan fingerprint density at radius 2 is 1.83 bits per heavy atom. The van der Waals surface area contributed by atoms with Gasteiger partial charge in [-0.15, -0.1) is 0 Å². The largest absolute Gasteiger partial charge is 0.478 e. The number of aromatic nitrogens is 4. The molecule has 3 aromatic rings. The minimum absolute atomic E-state index is 0.140. The maximum absolute atomic E-state index is 12.9. The summed E-state index contributed by atoms with van der Waals surface area (Å²) in [6.07, 6.45) is 3.60. The lowest BCUT2D eigenvalue weighted by Gasteiger charge is -2.22. The number of carbonyl (C=O) groups excluding carboxylic acids is 1. The normalized spacial score (nSPS) is 11.5. The topological polar surface area (TPSA) is 102 Å². The molecule has 0 aliphatic rings. The highest BCUT2D eigenvalue weighted by Gasteiger charge is 2.23. The van der Waals surface area contributed by atoms with Crippen molar-refractivity contribution in [1.29, 1.82) is 0 Å². The number of carboxylic acid groups (broad SMARTS) is 1. The summed E-state index contributed by atoms with van der Waals surface area (Å²) < 4.78 is 3.41. The molecule has 1 amide bonds. The van der Waals surface area contributed by atoms with E-state index in [-0.39, 0.29) is 17.0 Å². The van der Waals surface area contributed by atoms with Crippen molar-refractivity contribution >= 4 is 17.6 Å². The molecule has 1 aromatic carbocycles. The first-order valence-corrected chi connectivity index (χ1v) is 9.40. The van der Waals surface area contributed by atoms with Crippen LogP contribution in [0.3, 0.4) is 0 Å². The van der Waals surface area contributed by atoms with Crippen molar-refractivity contribution in [2.24, 2.45) is 0 Å². The Morgan fingerprint density at radius 1 is 1.14 bits per heavy atom. The summed E-state index contributed by atoms with van der Waals surface area (Å²) in [5, 5.41) is 20.7. The maximum atomic E-state index is 12.9. The lowest BCUT2D eigenvalue weighted by molar-refractivity contribution is 0.0696. The van der Waals surface area contributed by atoms with Crippen molar-refractivity contribution in [3.05, 3.63) is 59.2 Å². The Labute approximate surface area is 169 Å². The monoisotopic (exact) mass is 395 g/mol. The summed E-state index contributed by atoms with van der Waals surface area (Å²) in [4.78, 5) is 24.1. The summed E-state index contributed by atoms with van der Waals surface area (Å²) >= 11 is 0. The fourth-order valence-electron chi connectivity index (χ4n) is 3.28. The molecule has 152 valence electrons. The lowest BCUT2D eigenvalue weighted by Crippen LogP contribution is -2.26. The average molecular weight is 395 g/mol. The molecular formula is C21H25N5O3. The number of benzene rings is 1. The summed E-state index contributed by atoms with van der Waals surface area (Å²) in [7, 11) is 0. The SMILES string of the molecule is CCc1c(C(=O)Nc2cccc(-n3ncc(C(=O)O)c3C)c2)cnn1C(C)(C)C. The van der Waals surface area contributed by atoms with E-state index in [9.17, 15) is 14.7 Å². The van der Waals surface area contributed by atoms with Gasteiger partial charge in [0.15, 0.2) is 0 Å². The highest BCUT2D eigenvalue weighted by Crippen LogP contribution is 2.22. The number of anilines is 1. The van der Waals surface area contributed by atoms with Gasteiger partial charge in [0.05, 0.1) is 40.6 Å². The Bertz CT molecular complexity index is 1070. The summed E-state index contributed by atoms with van der Waals surface area (Å²) in [6, 6.07) is 7.11. The molecule has 0 saturated carbocycles. The van der Waals surface area contributed by atoms with Gasteiger partial charge in [0, 0.05) is 5.69 Å². The van der Waals surface area contributed by atoms with Gasteiger partial charge in [-0.2, -0.15) is 10.2 Å². The van der Waals surface area contributed by atoms with Gasteiger partial charge in [0.25, 0.3) is 5.91 Å². The summed E-state index contributed by atoms with van der Waals surface area (Å²) in [6.45, 7) is 9.82. The molecule has 0 fully saturated rings. The molecule has 2 N–H and O–H groups in total. The third-order valence-corrected chi connectivity index (χ3v) is 4.67. The first-order chi connectivity index (χ1) is 13.6. The fourth-order valence-corrected chi connectivity index (χ4v) is 3.28. The van der Waals surface area contributed by atoms with Gasteiger partial charge in [-0.25, -0.2) is 9.48 Å². The van der Waals surface area contributed by atoms with Crippen LogP contribution in [0.4, 0.5) is 5.69 Å². The molecule has 0 radical (unpaired) electrons. The van der Waals surface area contributed by atoms with Crippen molar-refractivity contribution < 1.29 is 14.7 Å². The first kappa shape index (κ1) is 20.3. The molecular weight excluding hydrogens is 370 g/mol. The van der Waals surface area contributed by atoms with E-state index in [0.717, 1.165) is 5.69 Å². The van der Waals surface area contributed by atoms with Crippen LogP contribution in [0.1, 0.15) is 59.8 Å². The number of aromatic carboxylic acids is 1. The standard InChI is InChI=1S/C21H25N5O3/c1-6-18-17(12-23-26(18)21(3,4)5)19(27)24-14-8-7-9-15(10-14)25-13(2)16(11-22-25)20(28)29/h7-12H,6H2,1-5H3,(H,24,27)(H,28,29). The minimum atomic E-state index is -1.03. The van der Waals surface area contributed by atoms with Gasteiger partial charge in [0.1, 0.15) is 5.56 Å². The fraction of sp³-hybridized carbons (Fsp3) is 0.333. The smallest absolute Gasteiger partial charge is 0.339 e. The Hall–Kier alpha value is -3.42. The van der Waals surface area contributed by atoms with E-state index in [1.54, 1.807) is 37.4 Å². The molecule has 0 aliphatic heterocycles. The van der Waals surface area contributed by atoms with E-state index in [4.69, 9.17) is 0 Å². The predicted octanol–water partition coefficient (Wildman–Crippen LogP) is 3.65. The molecule has 0 unspecified atom stereocenters. The van der Waals surface area contributed by atoms with Gasteiger partial charge in [-0.3, -0.25) is 9.48 Å². The average Bonchev–Trinajstić information content (AvgIpc) is 3.25. The molecule has 8 nitrogen and oxygen atoms in total. The van der Waals surface area contributed by atoms with Crippen molar-refractivity contribution in [2.45, 2.75) is 46.6 Å². The number of hydrogen-bond acceptors (Lipinski definition) is 4. The molecule has 0 bridgehead atoms. The number of nitrogens with one attached hydrogen (secondary N) is 1. The lowest BCUT2D eigenvalue weighted by atomic mass is 10.1. The molecule has 8 heteroatoms. The van der Waals surface area contributed by atoms with Crippen LogP contribution in [0.15, 0.2) is 36.7 Å². The van der Waals surface area contributed by atoms with Crippen molar-refractivity contribution in [3.63, 3.8) is 0 Å². The van der Waals surface area contributed by atoms with E-state index in [2.05, 4.69) is 15.5 Å². The van der Waals surface area contributed by atoms with Crippen LogP contribution in [0, 0.1) is 6.92 Å². The molecule has 3 rings (SSSR count). The number of nitrogens with zero attached hydrogens (tertiary/aromatic N) is 4. The van der Waals surface area contributed by atoms with E-state index >= 15 is 0 Å². The van der Waals surface area contributed by atoms with Gasteiger partial charge < -0.3 is 10.4 Å². The zero-order valence-electron chi connectivity index (χ0n) is 17.2. The zero-order chi connectivity index (χ0) is 21.3. The van der Waals surface area contributed by atoms with Crippen LogP contribution >= 0.6 is 0 Å². The molecule has 2 aromatic heterocycles. The van der Waals surface area contributed by atoms with Crippen LogP contribution in [0.5, 0.6) is 0 Å². The predicted molar refractivity (Wildman–Crippen MR) is 110 cm³/mol. The Morgan fingerprint density at radius 3 is 2.41 bits per heavy atom. The van der Waals surface area contributed by atoms with Gasteiger partial charge >= 0.3 is 5.97 Å². The number of amides is 1. The van der Waals surface area contributed by atoms with Gasteiger partial charge in [-0.05, 0) is 52.3 Å². The van der Waals surface area contributed by atoms with E-state index in [1.165, 1.54) is 10.9 Å². The quantitative estimate of drug-likeness (QED) is 0.687. The van der Waals surface area contributed by atoms with Crippen molar-refractivity contribution in [2.75, 3.05) is 5.32 Å². The highest BCUT2D eigenvalue weighted by atomic mass is 16.4. The molecule has 0 spiro atoms. The molecule has 0 atom stereocenters. The molecule has 0 saturated heterocycles. The Kier molecular flexibility index (Phi) is 5.28. The second-order valence-electron chi connectivity index (χ2n) is 7.81. The minimum Gasteiger partial charge on any atom is -0.478 e. The Balaban J connectivity index is 1.89. The highest BCUT2D eigenvalue weighted by molar-refractivity contribution is 6.05. The number of rotatable bonds is 5. The third kappa shape index (κ3) is 3.91. The first-order valence-electron chi connectivity index (χ1n) is 9.40. The van der Waals surface area contributed by atoms with E-state index < -0.39 is 5.97 Å². The molecule has 0 aliphatic carbocycles. The third-order valence-electron chi connectivity index (χ3n) is 4.67. The second kappa shape index (κ2) is 7.54. The van der Waals surface area contributed by atoms with Gasteiger partial charge in [-0.1, -0.05) is 13.0 Å². The van der Waals surface area contributed by atoms with Crippen LogP contribution in [-0.2, 0) is 12.0 Å². The van der Waals surface area contributed by atoms with Crippen molar-refractivity contribution in [3.8, 4) is 5.69 Å². The maximum Gasteiger partial charge on any atom is 0.339 e.